The minimum Gasteiger partial charge on any atom is -0.495 e. The molecule has 3 aromatic carbocycles. The fourth-order valence-electron chi connectivity index (χ4n) is 2.83. The number of hydrogen-bond donors (Lipinski definition) is 2. The average molecular weight is 461 g/mol. The van der Waals surface area contributed by atoms with Gasteiger partial charge in [0.25, 0.3) is 15.9 Å². The predicted octanol–water partition coefficient (Wildman–Crippen LogP) is 4.72. The number of aryl methyl sites for hydroxylation is 1. The maximum absolute atomic E-state index is 12.8. The number of anilines is 2. The van der Waals surface area contributed by atoms with Crippen LogP contribution in [-0.4, -0.2) is 28.5 Å². The highest BCUT2D eigenvalue weighted by Crippen LogP contribution is 2.36. The minimum absolute atomic E-state index is 0.127. The van der Waals surface area contributed by atoms with Crippen LogP contribution < -0.4 is 19.5 Å². The Balaban J connectivity index is 1.89. The quantitative estimate of drug-likeness (QED) is 0.532. The number of hydrogen-bond acceptors (Lipinski definition) is 5. The first-order valence-corrected chi connectivity index (χ1v) is 11.0. The van der Waals surface area contributed by atoms with Crippen LogP contribution in [0.5, 0.6) is 11.5 Å². The van der Waals surface area contributed by atoms with Crippen molar-refractivity contribution < 1.29 is 22.7 Å². The van der Waals surface area contributed by atoms with Gasteiger partial charge in [0.15, 0.2) is 0 Å². The molecule has 0 heterocycles. The van der Waals surface area contributed by atoms with E-state index in [0.717, 1.165) is 0 Å². The maximum atomic E-state index is 12.8. The summed E-state index contributed by atoms with van der Waals surface area (Å²) in [6.07, 6.45) is 0. The van der Waals surface area contributed by atoms with Gasteiger partial charge in [-0.05, 0) is 36.8 Å². The van der Waals surface area contributed by atoms with Gasteiger partial charge >= 0.3 is 0 Å². The molecule has 0 aliphatic carbocycles. The first-order valence-electron chi connectivity index (χ1n) is 9.16. The lowest BCUT2D eigenvalue weighted by atomic mass is 10.1. The lowest BCUT2D eigenvalue weighted by molar-refractivity contribution is 0.102. The Labute approximate surface area is 186 Å². The summed E-state index contributed by atoms with van der Waals surface area (Å²) >= 11 is 6.10. The number of carbonyl (C=O) groups excluding carboxylic acids is 1. The summed E-state index contributed by atoms with van der Waals surface area (Å²) in [5, 5.41) is 3.08. The van der Waals surface area contributed by atoms with E-state index in [1.54, 1.807) is 43.3 Å². The van der Waals surface area contributed by atoms with Crippen LogP contribution >= 0.6 is 11.6 Å². The van der Waals surface area contributed by atoms with Crippen molar-refractivity contribution in [3.8, 4) is 11.5 Å². The van der Waals surface area contributed by atoms with Crippen LogP contribution in [0.15, 0.2) is 65.6 Å². The molecule has 0 saturated carbocycles. The molecule has 3 aromatic rings. The highest BCUT2D eigenvalue weighted by atomic mass is 35.5. The molecule has 2 N–H and O–H groups in total. The molecule has 9 heteroatoms. The molecule has 0 spiro atoms. The monoisotopic (exact) mass is 460 g/mol. The van der Waals surface area contributed by atoms with Crippen LogP contribution in [0.25, 0.3) is 0 Å². The van der Waals surface area contributed by atoms with Crippen molar-refractivity contribution in [2.45, 2.75) is 11.8 Å². The number of halogens is 1. The molecular formula is C22H21ClN2O5S. The normalized spacial score (nSPS) is 11.0. The second kappa shape index (κ2) is 9.28. The van der Waals surface area contributed by atoms with E-state index in [2.05, 4.69) is 10.0 Å². The summed E-state index contributed by atoms with van der Waals surface area (Å²) in [4.78, 5) is 13.0. The van der Waals surface area contributed by atoms with Crippen molar-refractivity contribution in [1.82, 2.24) is 0 Å². The van der Waals surface area contributed by atoms with Gasteiger partial charge in [0.1, 0.15) is 11.5 Å². The molecule has 0 fully saturated rings. The number of methoxy groups -OCH3 is 2. The topological polar surface area (TPSA) is 93.7 Å². The summed E-state index contributed by atoms with van der Waals surface area (Å²) in [7, 11) is -0.877. The molecule has 31 heavy (non-hydrogen) atoms. The van der Waals surface area contributed by atoms with Gasteiger partial charge in [-0.2, -0.15) is 0 Å². The van der Waals surface area contributed by atoms with Gasteiger partial charge in [0, 0.05) is 17.7 Å². The van der Waals surface area contributed by atoms with Gasteiger partial charge in [-0.1, -0.05) is 35.9 Å². The minimum atomic E-state index is -3.79. The number of amides is 1. The van der Waals surface area contributed by atoms with E-state index in [9.17, 15) is 13.2 Å². The van der Waals surface area contributed by atoms with Crippen molar-refractivity contribution in [2.75, 3.05) is 24.3 Å². The molecule has 1 amide bonds. The Morgan fingerprint density at radius 3 is 2.23 bits per heavy atom. The molecule has 0 radical (unpaired) electrons. The molecule has 0 aliphatic rings. The lowest BCUT2D eigenvalue weighted by Crippen LogP contribution is -2.16. The molecular weight excluding hydrogens is 440 g/mol. The number of nitrogens with one attached hydrogen (secondary N) is 2. The summed E-state index contributed by atoms with van der Waals surface area (Å²) in [5.74, 6) is 0.275. The Morgan fingerprint density at radius 2 is 1.58 bits per heavy atom. The van der Waals surface area contributed by atoms with Crippen LogP contribution in [0.4, 0.5) is 11.4 Å². The number of carbonyl (C=O) groups is 1. The third-order valence-electron chi connectivity index (χ3n) is 4.52. The number of benzene rings is 3. The Morgan fingerprint density at radius 1 is 0.903 bits per heavy atom. The molecule has 3 rings (SSSR count). The number of sulfonamides is 1. The molecule has 0 unspecified atom stereocenters. The zero-order chi connectivity index (χ0) is 22.6. The first kappa shape index (κ1) is 22.5. The average Bonchev–Trinajstić information content (AvgIpc) is 2.76. The largest absolute Gasteiger partial charge is 0.495 e. The van der Waals surface area contributed by atoms with Crippen LogP contribution in [0.3, 0.4) is 0 Å². The van der Waals surface area contributed by atoms with Gasteiger partial charge in [-0.3, -0.25) is 9.52 Å². The van der Waals surface area contributed by atoms with Crippen molar-refractivity contribution in [3.63, 3.8) is 0 Å². The van der Waals surface area contributed by atoms with Crippen LogP contribution in [0.2, 0.25) is 5.02 Å². The van der Waals surface area contributed by atoms with Crippen molar-refractivity contribution in [1.29, 1.82) is 0 Å². The molecule has 0 saturated heterocycles. The SMILES string of the molecule is COc1cc(NC(=O)c2ccc(C)c(NS(=O)(=O)c3ccccc3)c2)c(OC)cc1Cl. The van der Waals surface area contributed by atoms with E-state index in [1.165, 1.54) is 38.5 Å². The number of ether oxygens (including phenoxy) is 2. The lowest BCUT2D eigenvalue weighted by Gasteiger charge is -2.15. The fraction of sp³-hybridized carbons (Fsp3) is 0.136. The van der Waals surface area contributed by atoms with E-state index in [0.29, 0.717) is 33.5 Å². The Hall–Kier alpha value is -3.23. The standard InChI is InChI=1S/C22H21ClN2O5S/c1-14-9-10-15(11-18(14)25-31(27,28)16-7-5-4-6-8-16)22(26)24-19-13-20(29-2)17(23)12-21(19)30-3/h4-13,25H,1-3H3,(H,24,26). The van der Waals surface area contributed by atoms with E-state index < -0.39 is 15.9 Å². The molecule has 0 aromatic heterocycles. The number of rotatable bonds is 7. The molecule has 0 atom stereocenters. The first-order chi connectivity index (χ1) is 14.7. The van der Waals surface area contributed by atoms with Gasteiger partial charge < -0.3 is 14.8 Å². The zero-order valence-corrected chi connectivity index (χ0v) is 18.7. The van der Waals surface area contributed by atoms with Crippen molar-refractivity contribution in [3.05, 3.63) is 76.8 Å². The summed E-state index contributed by atoms with van der Waals surface area (Å²) in [5.41, 5.74) is 1.59. The van der Waals surface area contributed by atoms with Crippen LogP contribution in [-0.2, 0) is 10.0 Å². The van der Waals surface area contributed by atoms with Gasteiger partial charge in [-0.25, -0.2) is 8.42 Å². The van der Waals surface area contributed by atoms with Crippen LogP contribution in [0, 0.1) is 6.92 Å². The second-order valence-electron chi connectivity index (χ2n) is 6.59. The van der Waals surface area contributed by atoms with E-state index in [4.69, 9.17) is 21.1 Å². The van der Waals surface area contributed by atoms with E-state index in [-0.39, 0.29) is 10.5 Å². The van der Waals surface area contributed by atoms with Crippen LogP contribution in [0.1, 0.15) is 15.9 Å². The Bertz CT molecular complexity index is 1210. The fourth-order valence-corrected chi connectivity index (χ4v) is 4.20. The molecule has 162 valence electrons. The summed E-state index contributed by atoms with van der Waals surface area (Å²) in [6.45, 7) is 1.75. The van der Waals surface area contributed by atoms with Gasteiger partial charge in [0.05, 0.1) is 35.5 Å². The zero-order valence-electron chi connectivity index (χ0n) is 17.1. The molecule has 7 nitrogen and oxygen atoms in total. The van der Waals surface area contributed by atoms with Crippen molar-refractivity contribution in [2.24, 2.45) is 0 Å². The summed E-state index contributed by atoms with van der Waals surface area (Å²) in [6, 6.07) is 15.8. The molecule has 0 bridgehead atoms. The van der Waals surface area contributed by atoms with Gasteiger partial charge in [0.2, 0.25) is 0 Å². The summed E-state index contributed by atoms with van der Waals surface area (Å²) < 4.78 is 38.3. The predicted molar refractivity (Wildman–Crippen MR) is 121 cm³/mol. The van der Waals surface area contributed by atoms with Crippen molar-refractivity contribution >= 4 is 38.9 Å². The van der Waals surface area contributed by atoms with E-state index >= 15 is 0 Å². The second-order valence-corrected chi connectivity index (χ2v) is 8.68. The van der Waals surface area contributed by atoms with E-state index in [1.807, 2.05) is 0 Å². The third-order valence-corrected chi connectivity index (χ3v) is 6.20. The molecule has 0 aliphatic heterocycles. The Kier molecular flexibility index (Phi) is 6.72. The smallest absolute Gasteiger partial charge is 0.261 e. The third kappa shape index (κ3) is 5.10. The van der Waals surface area contributed by atoms with Gasteiger partial charge in [-0.15, -0.1) is 0 Å². The highest BCUT2D eigenvalue weighted by Gasteiger charge is 2.18. The highest BCUT2D eigenvalue weighted by molar-refractivity contribution is 7.92. The maximum Gasteiger partial charge on any atom is 0.261 e.